The van der Waals surface area contributed by atoms with Crippen molar-refractivity contribution in [2.24, 2.45) is 0 Å². The molecule has 26 heavy (non-hydrogen) atoms. The van der Waals surface area contributed by atoms with Gasteiger partial charge in [-0.3, -0.25) is 0 Å². The Hall–Kier alpha value is -3.32. The van der Waals surface area contributed by atoms with E-state index in [0.717, 1.165) is 11.4 Å². The third kappa shape index (κ3) is 3.68. The topological polar surface area (TPSA) is 12.0 Å². The molecule has 0 amide bonds. The molecule has 1 heteroatoms. The molecule has 0 bridgehead atoms. The summed E-state index contributed by atoms with van der Waals surface area (Å²) in [6.45, 7) is 2.11. The first-order valence-corrected chi connectivity index (χ1v) is 8.87. The van der Waals surface area contributed by atoms with Crippen molar-refractivity contribution in [2.75, 3.05) is 5.32 Å². The van der Waals surface area contributed by atoms with E-state index >= 15 is 0 Å². The Balaban J connectivity index is 1.48. The van der Waals surface area contributed by atoms with E-state index in [9.17, 15) is 0 Å². The highest BCUT2D eigenvalue weighted by Gasteiger charge is 2.00. The fourth-order valence-electron chi connectivity index (χ4n) is 3.04. The molecule has 4 aromatic rings. The summed E-state index contributed by atoms with van der Waals surface area (Å²) in [6, 6.07) is 36.2. The maximum Gasteiger partial charge on any atom is 0.0384 e. The van der Waals surface area contributed by atoms with Crippen molar-refractivity contribution in [3.63, 3.8) is 0 Å². The van der Waals surface area contributed by atoms with E-state index in [-0.39, 0.29) is 0 Å². The van der Waals surface area contributed by atoms with E-state index in [2.05, 4.69) is 109 Å². The van der Waals surface area contributed by atoms with Gasteiger partial charge in [-0.1, -0.05) is 84.4 Å². The van der Waals surface area contributed by atoms with E-state index in [1.165, 1.54) is 27.8 Å². The molecule has 126 valence electrons. The third-order valence-electron chi connectivity index (χ3n) is 4.55. The van der Waals surface area contributed by atoms with E-state index in [0.29, 0.717) is 0 Å². The number of aryl methyl sites for hydroxylation is 1. The first kappa shape index (κ1) is 16.2. The van der Waals surface area contributed by atoms with E-state index < -0.39 is 0 Å². The predicted molar refractivity (Wildman–Crippen MR) is 112 cm³/mol. The Morgan fingerprint density at radius 3 is 1.27 bits per heavy atom. The molecule has 0 atom stereocenters. The molecule has 4 aromatic carbocycles. The smallest absolute Gasteiger partial charge is 0.0384 e. The van der Waals surface area contributed by atoms with Gasteiger partial charge in [-0.2, -0.15) is 0 Å². The van der Waals surface area contributed by atoms with E-state index in [1.54, 1.807) is 0 Å². The van der Waals surface area contributed by atoms with Gasteiger partial charge in [-0.25, -0.2) is 0 Å². The summed E-state index contributed by atoms with van der Waals surface area (Å²) in [5.74, 6) is 0. The molecule has 1 N–H and O–H groups in total. The molecular formula is C25H21N. The highest BCUT2D eigenvalue weighted by Crippen LogP contribution is 2.25. The van der Waals surface area contributed by atoms with Crippen molar-refractivity contribution in [2.45, 2.75) is 6.92 Å². The summed E-state index contributed by atoms with van der Waals surface area (Å²) < 4.78 is 0. The van der Waals surface area contributed by atoms with Crippen molar-refractivity contribution in [3.8, 4) is 22.3 Å². The first-order valence-electron chi connectivity index (χ1n) is 8.87. The second kappa shape index (κ2) is 7.28. The van der Waals surface area contributed by atoms with Gasteiger partial charge in [-0.05, 0) is 53.4 Å². The minimum absolute atomic E-state index is 1.09. The lowest BCUT2D eigenvalue weighted by atomic mass is 10.0. The predicted octanol–water partition coefficient (Wildman–Crippen LogP) is 7.07. The average molecular weight is 335 g/mol. The van der Waals surface area contributed by atoms with Crippen LogP contribution in [0, 0.1) is 6.92 Å². The Morgan fingerprint density at radius 1 is 0.423 bits per heavy atom. The van der Waals surface area contributed by atoms with Gasteiger partial charge in [-0.15, -0.1) is 0 Å². The lowest BCUT2D eigenvalue weighted by molar-refractivity contribution is 1.47. The third-order valence-corrected chi connectivity index (χ3v) is 4.55. The highest BCUT2D eigenvalue weighted by atomic mass is 14.9. The van der Waals surface area contributed by atoms with Crippen LogP contribution in [-0.2, 0) is 0 Å². The summed E-state index contributed by atoms with van der Waals surface area (Å²) in [5.41, 5.74) is 8.41. The van der Waals surface area contributed by atoms with Crippen LogP contribution < -0.4 is 5.32 Å². The Kier molecular flexibility index (Phi) is 4.53. The number of nitrogens with one attached hydrogen (secondary N) is 1. The van der Waals surface area contributed by atoms with Crippen LogP contribution in [0.1, 0.15) is 5.56 Å². The maximum absolute atomic E-state index is 3.47. The fraction of sp³-hybridized carbons (Fsp3) is 0.0400. The summed E-state index contributed by atoms with van der Waals surface area (Å²) in [6.07, 6.45) is 0. The van der Waals surface area contributed by atoms with Crippen molar-refractivity contribution in [1.29, 1.82) is 0 Å². The van der Waals surface area contributed by atoms with Crippen molar-refractivity contribution in [3.05, 3.63) is 109 Å². The van der Waals surface area contributed by atoms with Crippen molar-refractivity contribution >= 4 is 11.4 Å². The van der Waals surface area contributed by atoms with Crippen LogP contribution in [0.3, 0.4) is 0 Å². The van der Waals surface area contributed by atoms with Gasteiger partial charge in [0.2, 0.25) is 0 Å². The van der Waals surface area contributed by atoms with Gasteiger partial charge in [0, 0.05) is 11.4 Å². The second-order valence-electron chi connectivity index (χ2n) is 6.51. The van der Waals surface area contributed by atoms with Crippen LogP contribution in [0.25, 0.3) is 22.3 Å². The maximum atomic E-state index is 3.47. The number of anilines is 2. The normalized spacial score (nSPS) is 10.5. The molecule has 0 aliphatic rings. The molecule has 0 aliphatic carbocycles. The van der Waals surface area contributed by atoms with Crippen LogP contribution in [0.5, 0.6) is 0 Å². The lowest BCUT2D eigenvalue weighted by Gasteiger charge is -2.09. The van der Waals surface area contributed by atoms with Crippen molar-refractivity contribution in [1.82, 2.24) is 0 Å². The van der Waals surface area contributed by atoms with Gasteiger partial charge in [0.25, 0.3) is 0 Å². The van der Waals surface area contributed by atoms with Gasteiger partial charge in [0.1, 0.15) is 0 Å². The zero-order valence-corrected chi connectivity index (χ0v) is 14.8. The fourth-order valence-corrected chi connectivity index (χ4v) is 3.04. The molecule has 0 aromatic heterocycles. The summed E-state index contributed by atoms with van der Waals surface area (Å²) >= 11 is 0. The SMILES string of the molecule is Cc1ccc(-c2ccc(Nc3ccc(-c4ccccc4)cc3)cc2)cc1. The van der Waals surface area contributed by atoms with Gasteiger partial charge >= 0.3 is 0 Å². The zero-order chi connectivity index (χ0) is 17.8. The van der Waals surface area contributed by atoms with E-state index in [4.69, 9.17) is 0 Å². The molecular weight excluding hydrogens is 314 g/mol. The molecule has 1 nitrogen and oxygen atoms in total. The van der Waals surface area contributed by atoms with Crippen LogP contribution in [0.4, 0.5) is 11.4 Å². The molecule has 0 saturated heterocycles. The molecule has 0 heterocycles. The monoisotopic (exact) mass is 335 g/mol. The number of hydrogen-bond donors (Lipinski definition) is 1. The molecule has 4 rings (SSSR count). The molecule has 0 saturated carbocycles. The van der Waals surface area contributed by atoms with E-state index in [1.807, 2.05) is 6.07 Å². The standard InChI is InChI=1S/C25H21N/c1-19-7-9-21(10-8-19)23-13-17-25(18-14-23)26-24-15-11-22(12-16-24)20-5-3-2-4-6-20/h2-18,26H,1H3. The van der Waals surface area contributed by atoms with Gasteiger partial charge in [0.05, 0.1) is 0 Å². The quantitative estimate of drug-likeness (QED) is 0.420. The largest absolute Gasteiger partial charge is 0.356 e. The Morgan fingerprint density at radius 2 is 0.808 bits per heavy atom. The molecule has 0 radical (unpaired) electrons. The van der Waals surface area contributed by atoms with Gasteiger partial charge < -0.3 is 5.32 Å². The Bertz CT molecular complexity index is 967. The van der Waals surface area contributed by atoms with Gasteiger partial charge in [0.15, 0.2) is 0 Å². The molecule has 0 fully saturated rings. The van der Waals surface area contributed by atoms with Crippen LogP contribution >= 0.6 is 0 Å². The second-order valence-corrected chi connectivity index (χ2v) is 6.51. The summed E-state index contributed by atoms with van der Waals surface area (Å²) in [7, 11) is 0. The Labute approximate surface area is 155 Å². The first-order chi connectivity index (χ1) is 12.8. The lowest BCUT2D eigenvalue weighted by Crippen LogP contribution is -1.90. The van der Waals surface area contributed by atoms with Crippen molar-refractivity contribution < 1.29 is 0 Å². The summed E-state index contributed by atoms with van der Waals surface area (Å²) in [4.78, 5) is 0. The van der Waals surface area contributed by atoms with Crippen LogP contribution in [-0.4, -0.2) is 0 Å². The number of hydrogen-bond acceptors (Lipinski definition) is 1. The molecule has 0 aliphatic heterocycles. The highest BCUT2D eigenvalue weighted by molar-refractivity contribution is 5.70. The molecule has 0 spiro atoms. The minimum atomic E-state index is 1.09. The van der Waals surface area contributed by atoms with Crippen LogP contribution in [0.2, 0.25) is 0 Å². The minimum Gasteiger partial charge on any atom is -0.356 e. The zero-order valence-electron chi connectivity index (χ0n) is 14.8. The average Bonchev–Trinajstić information content (AvgIpc) is 2.71. The van der Waals surface area contributed by atoms with Crippen LogP contribution in [0.15, 0.2) is 103 Å². The number of benzene rings is 4. The number of rotatable bonds is 4. The molecule has 0 unspecified atom stereocenters. The summed E-state index contributed by atoms with van der Waals surface area (Å²) in [5, 5.41) is 3.47.